The Morgan fingerprint density at radius 2 is 1.33 bits per heavy atom. The van der Waals surface area contributed by atoms with Gasteiger partial charge >= 0.3 is 18.1 Å². The van der Waals surface area contributed by atoms with E-state index in [1.54, 1.807) is 5.32 Å². The van der Waals surface area contributed by atoms with Gasteiger partial charge in [0.25, 0.3) is 0 Å². The molecular weight excluding hydrogens is 293 g/mol. The summed E-state index contributed by atoms with van der Waals surface area (Å²) in [7, 11) is 0. The van der Waals surface area contributed by atoms with E-state index in [1.807, 2.05) is 0 Å². The molecule has 0 saturated heterocycles. The maximum absolute atomic E-state index is 12.2. The highest BCUT2D eigenvalue weighted by Crippen LogP contribution is 2.18. The number of carboxylic acid groups (broad SMARTS) is 1. The van der Waals surface area contributed by atoms with Crippen LogP contribution in [-0.2, 0) is 14.4 Å². The molecule has 3 N–H and O–H groups in total. The molecule has 6 nitrogen and oxygen atoms in total. The number of halogens is 3. The highest BCUT2D eigenvalue weighted by atomic mass is 19.4. The fraction of sp³-hybridized carbons (Fsp3) is 0.750. The molecule has 0 heterocycles. The van der Waals surface area contributed by atoms with E-state index in [0.717, 1.165) is 0 Å². The predicted molar refractivity (Wildman–Crippen MR) is 67.4 cm³/mol. The maximum Gasteiger partial charge on any atom is 0.471 e. The van der Waals surface area contributed by atoms with Crippen molar-refractivity contribution in [2.45, 2.75) is 57.8 Å². The van der Waals surface area contributed by atoms with Crippen LogP contribution in [-0.4, -0.2) is 40.1 Å². The summed E-state index contributed by atoms with van der Waals surface area (Å²) in [6, 6.07) is 0. The summed E-state index contributed by atoms with van der Waals surface area (Å²) in [6.45, 7) is 5.47. The molecule has 122 valence electrons. The second-order valence-electron chi connectivity index (χ2n) is 6.02. The highest BCUT2D eigenvalue weighted by molar-refractivity contribution is 5.84. The lowest BCUT2D eigenvalue weighted by molar-refractivity contribution is -0.175. The van der Waals surface area contributed by atoms with E-state index < -0.39 is 41.5 Å². The molecule has 0 aromatic carbocycles. The zero-order valence-corrected chi connectivity index (χ0v) is 12.2. The van der Waals surface area contributed by atoms with Crippen molar-refractivity contribution in [2.75, 3.05) is 0 Å². The summed E-state index contributed by atoms with van der Waals surface area (Å²) >= 11 is 0. The van der Waals surface area contributed by atoms with Crippen LogP contribution in [0.5, 0.6) is 0 Å². The molecular formula is C12H19F3N2O4. The van der Waals surface area contributed by atoms with E-state index in [-0.39, 0.29) is 6.42 Å². The number of amides is 2. The molecule has 0 rings (SSSR count). The van der Waals surface area contributed by atoms with Crippen LogP contribution in [0.2, 0.25) is 0 Å². The Morgan fingerprint density at radius 3 is 1.71 bits per heavy atom. The summed E-state index contributed by atoms with van der Waals surface area (Å²) < 4.78 is 36.5. The van der Waals surface area contributed by atoms with Crippen molar-refractivity contribution in [3.8, 4) is 0 Å². The summed E-state index contributed by atoms with van der Waals surface area (Å²) in [4.78, 5) is 33.2. The Hall–Kier alpha value is -1.80. The third-order valence-electron chi connectivity index (χ3n) is 2.38. The zero-order chi connectivity index (χ0) is 17.1. The molecule has 0 aromatic heterocycles. The molecule has 0 aliphatic rings. The fourth-order valence-electron chi connectivity index (χ4n) is 1.67. The molecule has 0 radical (unpaired) electrons. The minimum Gasteiger partial charge on any atom is -0.481 e. The average Bonchev–Trinajstić information content (AvgIpc) is 2.08. The molecule has 0 fully saturated rings. The van der Waals surface area contributed by atoms with Gasteiger partial charge in [-0.2, -0.15) is 13.2 Å². The summed E-state index contributed by atoms with van der Waals surface area (Å²) in [5, 5.41) is 12.8. The van der Waals surface area contributed by atoms with Crippen molar-refractivity contribution in [2.24, 2.45) is 0 Å². The predicted octanol–water partition coefficient (Wildman–Crippen LogP) is 1.20. The van der Waals surface area contributed by atoms with Gasteiger partial charge in [-0.15, -0.1) is 0 Å². The standard InChI is InChI=1S/C12H19F3N2O4/c1-10(2,17-9(21)12(13,14)15)5-7(18)16-11(3,4)6-8(19)20/h5-6H2,1-4H3,(H,16,18)(H,17,21)(H,19,20). The van der Waals surface area contributed by atoms with Gasteiger partial charge in [0.05, 0.1) is 6.42 Å². The van der Waals surface area contributed by atoms with E-state index in [1.165, 1.54) is 27.7 Å². The molecule has 0 aromatic rings. The first-order valence-electron chi connectivity index (χ1n) is 6.07. The molecule has 0 saturated carbocycles. The second-order valence-corrected chi connectivity index (χ2v) is 6.02. The number of alkyl halides is 3. The minimum atomic E-state index is -5.03. The minimum absolute atomic E-state index is 0.339. The van der Waals surface area contributed by atoms with Gasteiger partial charge in [0.2, 0.25) is 5.91 Å². The largest absolute Gasteiger partial charge is 0.481 e. The van der Waals surface area contributed by atoms with Crippen molar-refractivity contribution in [3.05, 3.63) is 0 Å². The van der Waals surface area contributed by atoms with Crippen LogP contribution >= 0.6 is 0 Å². The smallest absolute Gasteiger partial charge is 0.471 e. The Kier molecular flexibility index (Phi) is 5.77. The number of rotatable bonds is 6. The summed E-state index contributed by atoms with van der Waals surface area (Å²) in [5.74, 6) is -3.91. The number of carboxylic acids is 1. The molecule has 0 atom stereocenters. The van der Waals surface area contributed by atoms with Gasteiger partial charge in [0.15, 0.2) is 0 Å². The lowest BCUT2D eigenvalue weighted by atomic mass is 9.96. The van der Waals surface area contributed by atoms with Gasteiger partial charge in [0, 0.05) is 17.5 Å². The van der Waals surface area contributed by atoms with Crippen LogP contribution in [0.25, 0.3) is 0 Å². The second kappa shape index (κ2) is 6.31. The quantitative estimate of drug-likeness (QED) is 0.687. The lowest BCUT2D eigenvalue weighted by Gasteiger charge is -2.29. The van der Waals surface area contributed by atoms with Crippen LogP contribution in [0, 0.1) is 0 Å². The molecule has 0 bridgehead atoms. The zero-order valence-electron chi connectivity index (χ0n) is 12.2. The molecule has 0 aliphatic heterocycles. The summed E-state index contributed by atoms with van der Waals surface area (Å²) in [6.07, 6.45) is -5.79. The van der Waals surface area contributed by atoms with Crippen LogP contribution < -0.4 is 10.6 Å². The Labute approximate surface area is 120 Å². The Balaban J connectivity index is 4.62. The van der Waals surface area contributed by atoms with Crippen molar-refractivity contribution in [1.29, 1.82) is 0 Å². The molecule has 0 spiro atoms. The molecule has 0 aliphatic carbocycles. The van der Waals surface area contributed by atoms with Gasteiger partial charge in [-0.3, -0.25) is 14.4 Å². The normalized spacial score (nSPS) is 12.7. The fourth-order valence-corrected chi connectivity index (χ4v) is 1.67. The van der Waals surface area contributed by atoms with Gasteiger partial charge in [-0.1, -0.05) is 0 Å². The number of hydrogen-bond acceptors (Lipinski definition) is 3. The van der Waals surface area contributed by atoms with Crippen LogP contribution in [0.4, 0.5) is 13.2 Å². The maximum atomic E-state index is 12.2. The number of carbonyl (C=O) groups excluding carboxylic acids is 2. The molecule has 21 heavy (non-hydrogen) atoms. The van der Waals surface area contributed by atoms with Gasteiger partial charge < -0.3 is 15.7 Å². The highest BCUT2D eigenvalue weighted by Gasteiger charge is 2.42. The van der Waals surface area contributed by atoms with E-state index in [9.17, 15) is 27.6 Å². The van der Waals surface area contributed by atoms with Crippen molar-refractivity contribution < 1.29 is 32.7 Å². The molecule has 9 heteroatoms. The van der Waals surface area contributed by atoms with Crippen molar-refractivity contribution in [1.82, 2.24) is 10.6 Å². The monoisotopic (exact) mass is 312 g/mol. The number of nitrogens with one attached hydrogen (secondary N) is 2. The third kappa shape index (κ3) is 8.16. The van der Waals surface area contributed by atoms with Crippen LogP contribution in [0.1, 0.15) is 40.5 Å². The lowest BCUT2D eigenvalue weighted by Crippen LogP contribution is -2.53. The average molecular weight is 312 g/mol. The topological polar surface area (TPSA) is 95.5 Å². The van der Waals surface area contributed by atoms with Crippen LogP contribution in [0.15, 0.2) is 0 Å². The van der Waals surface area contributed by atoms with E-state index >= 15 is 0 Å². The van der Waals surface area contributed by atoms with E-state index in [0.29, 0.717) is 0 Å². The molecule has 2 amide bonds. The van der Waals surface area contributed by atoms with Crippen molar-refractivity contribution >= 4 is 17.8 Å². The first-order chi connectivity index (χ1) is 9.15. The van der Waals surface area contributed by atoms with Gasteiger partial charge in [-0.25, -0.2) is 0 Å². The first-order valence-corrected chi connectivity index (χ1v) is 6.07. The van der Waals surface area contributed by atoms with Crippen LogP contribution in [0.3, 0.4) is 0 Å². The van der Waals surface area contributed by atoms with Crippen molar-refractivity contribution in [3.63, 3.8) is 0 Å². The number of hydrogen-bond donors (Lipinski definition) is 3. The third-order valence-corrected chi connectivity index (χ3v) is 2.38. The Morgan fingerprint density at radius 1 is 0.905 bits per heavy atom. The SMILES string of the molecule is CC(C)(CC(=O)O)NC(=O)CC(C)(C)NC(=O)C(F)(F)F. The summed E-state index contributed by atoms with van der Waals surface area (Å²) in [5.41, 5.74) is -2.47. The molecule has 0 unspecified atom stereocenters. The van der Waals surface area contributed by atoms with E-state index in [2.05, 4.69) is 5.32 Å². The number of carbonyl (C=O) groups is 3. The first kappa shape index (κ1) is 19.2. The van der Waals surface area contributed by atoms with E-state index in [4.69, 9.17) is 5.11 Å². The number of aliphatic carboxylic acids is 1. The van der Waals surface area contributed by atoms with Gasteiger partial charge in [0.1, 0.15) is 0 Å². The van der Waals surface area contributed by atoms with Gasteiger partial charge in [-0.05, 0) is 27.7 Å². The Bertz CT molecular complexity index is 431.